The van der Waals surface area contributed by atoms with E-state index in [4.69, 9.17) is 0 Å². The molecule has 1 atom stereocenters. The Kier molecular flexibility index (Phi) is 4.68. The maximum atomic E-state index is 11.9. The molecule has 0 aliphatic heterocycles. The van der Waals surface area contributed by atoms with Crippen LogP contribution < -0.4 is 0 Å². The summed E-state index contributed by atoms with van der Waals surface area (Å²) < 4.78 is 12.7. The fourth-order valence-electron chi connectivity index (χ4n) is 1.41. The van der Waals surface area contributed by atoms with Crippen LogP contribution in [0.25, 0.3) is 0 Å². The van der Waals surface area contributed by atoms with Crippen molar-refractivity contribution in [1.82, 2.24) is 4.90 Å². The lowest BCUT2D eigenvalue weighted by atomic mass is 10.4. The van der Waals surface area contributed by atoms with Crippen LogP contribution in [0.2, 0.25) is 0 Å². The minimum atomic E-state index is -1.22. The molecule has 0 fully saturated rings. The molecule has 0 aromatic carbocycles. The fraction of sp³-hybridized carbons (Fsp3) is 0.250. The lowest BCUT2D eigenvalue weighted by Crippen LogP contribution is -2.30. The second-order valence-electron chi connectivity index (χ2n) is 3.75. The second kappa shape index (κ2) is 6.26. The van der Waals surface area contributed by atoms with Gasteiger partial charge in [0.1, 0.15) is 5.75 Å². The zero-order valence-electron chi connectivity index (χ0n) is 9.87. The van der Waals surface area contributed by atoms with Crippen LogP contribution in [0.3, 0.4) is 0 Å². The number of rotatable bonds is 5. The molecule has 0 radical (unpaired) electrons. The predicted molar refractivity (Wildman–Crippen MR) is 76.4 cm³/mol. The quantitative estimate of drug-likeness (QED) is 0.851. The summed E-state index contributed by atoms with van der Waals surface area (Å²) in [5.74, 6) is -0.0299. The Morgan fingerprint density at radius 2 is 2.00 bits per heavy atom. The molecule has 18 heavy (non-hydrogen) atoms. The van der Waals surface area contributed by atoms with Gasteiger partial charge in [-0.05, 0) is 22.9 Å². The Balaban J connectivity index is 1.89. The van der Waals surface area contributed by atoms with Gasteiger partial charge >= 0.3 is 0 Å². The molecule has 0 saturated heterocycles. The van der Waals surface area contributed by atoms with E-state index in [2.05, 4.69) is 0 Å². The number of hydrogen-bond acceptors (Lipinski definition) is 4. The van der Waals surface area contributed by atoms with Crippen LogP contribution in [0.4, 0.5) is 0 Å². The monoisotopic (exact) mass is 299 g/mol. The van der Waals surface area contributed by atoms with Gasteiger partial charge in [0.2, 0.25) is 5.91 Å². The molecular formula is C12H13NO2S3. The topological polar surface area (TPSA) is 37.4 Å². The molecule has 0 spiro atoms. The molecule has 0 bridgehead atoms. The van der Waals surface area contributed by atoms with Gasteiger partial charge in [0.05, 0.1) is 21.6 Å². The molecule has 6 heteroatoms. The average molecular weight is 299 g/mol. The van der Waals surface area contributed by atoms with E-state index in [0.29, 0.717) is 6.54 Å². The van der Waals surface area contributed by atoms with E-state index in [-0.39, 0.29) is 11.7 Å². The molecule has 0 unspecified atom stereocenters. The molecule has 2 aromatic rings. The highest BCUT2D eigenvalue weighted by Crippen LogP contribution is 2.15. The van der Waals surface area contributed by atoms with Crippen molar-refractivity contribution in [3.8, 4) is 0 Å². The summed E-state index contributed by atoms with van der Waals surface area (Å²) in [4.78, 5) is 14.7. The van der Waals surface area contributed by atoms with Crippen LogP contribution in [-0.4, -0.2) is 27.8 Å². The smallest absolute Gasteiger partial charge is 0.235 e. The van der Waals surface area contributed by atoms with Gasteiger partial charge in [0.25, 0.3) is 0 Å². The molecule has 96 valence electrons. The summed E-state index contributed by atoms with van der Waals surface area (Å²) in [7, 11) is 0.523. The number of nitrogens with zero attached hydrogens (tertiary/aromatic N) is 1. The highest BCUT2D eigenvalue weighted by Gasteiger charge is 2.15. The third-order valence-corrected chi connectivity index (χ3v) is 5.84. The first-order valence-corrected chi connectivity index (χ1v) is 8.43. The van der Waals surface area contributed by atoms with Crippen LogP contribution in [0.1, 0.15) is 4.88 Å². The molecule has 2 aromatic heterocycles. The van der Waals surface area contributed by atoms with E-state index in [1.54, 1.807) is 29.4 Å². The molecule has 2 heterocycles. The Bertz CT molecular complexity index is 520. The summed E-state index contributed by atoms with van der Waals surface area (Å²) in [5.41, 5.74) is 0. The van der Waals surface area contributed by atoms with Crippen LogP contribution in [0.5, 0.6) is 0 Å². The first-order chi connectivity index (χ1) is 8.66. The normalized spacial score (nSPS) is 12.3. The summed E-state index contributed by atoms with van der Waals surface area (Å²) in [6.45, 7) is 0.581. The van der Waals surface area contributed by atoms with Crippen molar-refractivity contribution >= 4 is 39.4 Å². The van der Waals surface area contributed by atoms with E-state index < -0.39 is 10.8 Å². The molecule has 0 aliphatic rings. The van der Waals surface area contributed by atoms with Crippen molar-refractivity contribution in [3.05, 3.63) is 39.9 Å². The first-order valence-electron chi connectivity index (χ1n) is 5.35. The lowest BCUT2D eigenvalue weighted by molar-refractivity contribution is -0.127. The van der Waals surface area contributed by atoms with E-state index in [1.807, 2.05) is 29.0 Å². The minimum absolute atomic E-state index is 0.0579. The highest BCUT2D eigenvalue weighted by molar-refractivity contribution is 7.88. The van der Waals surface area contributed by atoms with Crippen molar-refractivity contribution in [2.45, 2.75) is 10.8 Å². The van der Waals surface area contributed by atoms with Crippen molar-refractivity contribution in [1.29, 1.82) is 0 Å². The van der Waals surface area contributed by atoms with Crippen molar-refractivity contribution in [3.63, 3.8) is 0 Å². The summed E-state index contributed by atoms with van der Waals surface area (Å²) in [6, 6.07) is 7.60. The first kappa shape index (κ1) is 13.5. The van der Waals surface area contributed by atoms with Gasteiger partial charge in [-0.1, -0.05) is 12.1 Å². The summed E-state index contributed by atoms with van der Waals surface area (Å²) in [6.07, 6.45) is 0. The van der Waals surface area contributed by atoms with Crippen molar-refractivity contribution in [2.24, 2.45) is 0 Å². The number of hydrogen-bond donors (Lipinski definition) is 0. The number of carbonyl (C=O) groups excluding carboxylic acids is 1. The van der Waals surface area contributed by atoms with Gasteiger partial charge in [0, 0.05) is 11.9 Å². The van der Waals surface area contributed by atoms with E-state index in [9.17, 15) is 9.00 Å². The number of thiophene rings is 2. The SMILES string of the molecule is CN(Cc1cccs1)C(=O)C[S@@](=O)c1cccs1. The van der Waals surface area contributed by atoms with E-state index >= 15 is 0 Å². The van der Waals surface area contributed by atoms with Gasteiger partial charge in [-0.15, -0.1) is 22.7 Å². The molecule has 0 N–H and O–H groups in total. The molecule has 0 aliphatic carbocycles. The average Bonchev–Trinajstić information content (AvgIpc) is 3.01. The molecule has 3 nitrogen and oxygen atoms in total. The Hall–Kier alpha value is -0.980. The Morgan fingerprint density at radius 3 is 2.61 bits per heavy atom. The number of amides is 1. The predicted octanol–water partition coefficient (Wildman–Crippen LogP) is 2.58. The lowest BCUT2D eigenvalue weighted by Gasteiger charge is -2.15. The Labute approximate surface area is 117 Å². The van der Waals surface area contributed by atoms with Crippen molar-refractivity contribution in [2.75, 3.05) is 12.8 Å². The zero-order valence-corrected chi connectivity index (χ0v) is 12.3. The van der Waals surface area contributed by atoms with Gasteiger partial charge in [0.15, 0.2) is 0 Å². The number of carbonyl (C=O) groups is 1. The van der Waals surface area contributed by atoms with Gasteiger partial charge in [-0.25, -0.2) is 0 Å². The Morgan fingerprint density at radius 1 is 1.28 bits per heavy atom. The third-order valence-electron chi connectivity index (χ3n) is 2.37. The largest absolute Gasteiger partial charge is 0.340 e. The van der Waals surface area contributed by atoms with Crippen LogP contribution >= 0.6 is 22.7 Å². The molecular weight excluding hydrogens is 286 g/mol. The highest BCUT2D eigenvalue weighted by atomic mass is 32.2. The molecule has 2 rings (SSSR count). The van der Waals surface area contributed by atoms with E-state index in [0.717, 1.165) is 9.09 Å². The van der Waals surface area contributed by atoms with Crippen LogP contribution in [0, 0.1) is 0 Å². The molecule has 0 saturated carbocycles. The zero-order chi connectivity index (χ0) is 13.0. The fourth-order valence-corrected chi connectivity index (χ4v) is 4.21. The van der Waals surface area contributed by atoms with Crippen LogP contribution in [0.15, 0.2) is 39.2 Å². The third kappa shape index (κ3) is 3.51. The van der Waals surface area contributed by atoms with Crippen molar-refractivity contribution < 1.29 is 9.00 Å². The standard InChI is InChI=1S/C12H13NO2S3/c1-13(8-10-4-2-6-16-10)11(14)9-18(15)12-5-3-7-17-12/h2-7H,8-9H2,1H3/t18-/m1/s1. The maximum Gasteiger partial charge on any atom is 0.235 e. The summed E-state index contributed by atoms with van der Waals surface area (Å²) >= 11 is 3.04. The maximum absolute atomic E-state index is 11.9. The van der Waals surface area contributed by atoms with Gasteiger partial charge in [-0.3, -0.25) is 9.00 Å². The minimum Gasteiger partial charge on any atom is -0.340 e. The molecule has 1 amide bonds. The second-order valence-corrected chi connectivity index (χ2v) is 7.41. The summed E-state index contributed by atoms with van der Waals surface area (Å²) in [5, 5.41) is 3.85. The van der Waals surface area contributed by atoms with Crippen LogP contribution in [-0.2, 0) is 22.1 Å². The van der Waals surface area contributed by atoms with E-state index in [1.165, 1.54) is 11.3 Å². The van der Waals surface area contributed by atoms with Gasteiger partial charge < -0.3 is 4.90 Å². The van der Waals surface area contributed by atoms with Gasteiger partial charge in [-0.2, -0.15) is 0 Å².